The second-order valence-electron chi connectivity index (χ2n) is 7.62. The molecule has 1 unspecified atom stereocenters. The number of carbonyl (C=O) groups excluding carboxylic acids is 2. The third kappa shape index (κ3) is 4.62. The number of hydrogen-bond acceptors (Lipinski definition) is 8. The molecule has 0 spiro atoms. The topological polar surface area (TPSA) is 132 Å². The molecule has 2 amide bonds. The van der Waals surface area contributed by atoms with Crippen LogP contribution < -0.4 is 25.0 Å². The number of nitrogens with one attached hydrogen (secondary N) is 2. The van der Waals surface area contributed by atoms with Crippen LogP contribution in [0.2, 0.25) is 0 Å². The van der Waals surface area contributed by atoms with Gasteiger partial charge in [-0.25, -0.2) is 5.01 Å². The van der Waals surface area contributed by atoms with Crippen molar-refractivity contribution < 1.29 is 28.7 Å². The fourth-order valence-corrected chi connectivity index (χ4v) is 4.18. The van der Waals surface area contributed by atoms with E-state index in [1.165, 1.54) is 51.7 Å². The Labute approximate surface area is 214 Å². The maximum atomic E-state index is 13.5. The molecule has 1 atom stereocenters. The van der Waals surface area contributed by atoms with E-state index in [1.807, 2.05) is 0 Å². The molecule has 4 rings (SSSR count). The summed E-state index contributed by atoms with van der Waals surface area (Å²) in [5.74, 6) is -0.328. The van der Waals surface area contributed by atoms with E-state index >= 15 is 0 Å². The number of fused-ring (bicyclic) bond motifs is 1. The van der Waals surface area contributed by atoms with Gasteiger partial charge in [-0.3, -0.25) is 25.1 Å². The predicted octanol–water partition coefficient (Wildman–Crippen LogP) is 4.29. The zero-order valence-corrected chi connectivity index (χ0v) is 21.0. The van der Waals surface area contributed by atoms with Crippen molar-refractivity contribution in [2.75, 3.05) is 26.6 Å². The van der Waals surface area contributed by atoms with E-state index in [4.69, 9.17) is 14.2 Å². The zero-order chi connectivity index (χ0) is 26.0. The van der Waals surface area contributed by atoms with Gasteiger partial charge in [0.25, 0.3) is 17.5 Å². The normalized spacial score (nSPS) is 14.4. The van der Waals surface area contributed by atoms with Crippen LogP contribution in [0, 0.1) is 10.1 Å². The van der Waals surface area contributed by atoms with Gasteiger partial charge in [0.1, 0.15) is 6.17 Å². The first-order chi connectivity index (χ1) is 17.3. The number of benzene rings is 3. The molecule has 0 saturated carbocycles. The quantitative estimate of drug-likeness (QED) is 0.325. The first kappa shape index (κ1) is 24.8. The van der Waals surface area contributed by atoms with E-state index in [0.717, 1.165) is 5.01 Å². The van der Waals surface area contributed by atoms with Gasteiger partial charge in [-0.05, 0) is 30.3 Å². The molecule has 1 aliphatic rings. The Morgan fingerprint density at radius 1 is 1.06 bits per heavy atom. The number of carbonyl (C=O) groups is 2. The molecule has 11 nitrogen and oxygen atoms in total. The maximum Gasteiger partial charge on any atom is 0.276 e. The van der Waals surface area contributed by atoms with Gasteiger partial charge in [-0.15, -0.1) is 0 Å². The minimum absolute atomic E-state index is 0.134. The minimum Gasteiger partial charge on any atom is -0.493 e. The van der Waals surface area contributed by atoms with E-state index in [0.29, 0.717) is 27.0 Å². The Bertz CT molecular complexity index is 1340. The van der Waals surface area contributed by atoms with Gasteiger partial charge in [0.15, 0.2) is 11.5 Å². The molecule has 0 saturated heterocycles. The highest BCUT2D eigenvalue weighted by atomic mass is 79.9. The highest BCUT2D eigenvalue weighted by Crippen LogP contribution is 2.39. The number of halogens is 1. The van der Waals surface area contributed by atoms with Crippen molar-refractivity contribution in [1.82, 2.24) is 10.4 Å². The fourth-order valence-electron chi connectivity index (χ4n) is 3.82. The van der Waals surface area contributed by atoms with Crippen molar-refractivity contribution in [3.63, 3.8) is 0 Å². The van der Waals surface area contributed by atoms with Crippen molar-refractivity contribution in [3.05, 3.63) is 85.9 Å². The van der Waals surface area contributed by atoms with Gasteiger partial charge in [0.05, 0.1) is 31.8 Å². The Balaban J connectivity index is 1.76. The summed E-state index contributed by atoms with van der Waals surface area (Å²) in [6.45, 7) is 0. The van der Waals surface area contributed by atoms with Crippen LogP contribution in [0.15, 0.2) is 59.1 Å². The second-order valence-corrected chi connectivity index (χ2v) is 8.53. The second kappa shape index (κ2) is 10.1. The Kier molecular flexibility index (Phi) is 6.97. The van der Waals surface area contributed by atoms with Crippen LogP contribution in [-0.2, 0) is 0 Å². The van der Waals surface area contributed by atoms with Crippen molar-refractivity contribution in [1.29, 1.82) is 0 Å². The summed E-state index contributed by atoms with van der Waals surface area (Å²) in [5.41, 5.74) is 3.82. The molecule has 3 aromatic rings. The first-order valence-electron chi connectivity index (χ1n) is 10.5. The number of anilines is 1. The molecule has 12 heteroatoms. The van der Waals surface area contributed by atoms with Crippen molar-refractivity contribution in [3.8, 4) is 17.2 Å². The Morgan fingerprint density at radius 3 is 2.36 bits per heavy atom. The molecule has 36 heavy (non-hydrogen) atoms. The highest BCUT2D eigenvalue weighted by Gasteiger charge is 2.35. The molecule has 0 fully saturated rings. The fraction of sp³-hybridized carbons (Fsp3) is 0.167. The van der Waals surface area contributed by atoms with E-state index in [-0.39, 0.29) is 22.7 Å². The summed E-state index contributed by atoms with van der Waals surface area (Å²) in [6, 6.07) is 13.8. The van der Waals surface area contributed by atoms with E-state index in [1.54, 1.807) is 24.3 Å². The number of nitro groups is 1. The molecule has 1 aliphatic heterocycles. The SMILES string of the molecule is COc1cc(C(=O)NN2C(=O)c3cc(Br)ccc3NC2c2cccc([N+](=O)[O-])c2)cc(OC)c1OC. The molecule has 2 N–H and O–H groups in total. The largest absolute Gasteiger partial charge is 0.493 e. The van der Waals surface area contributed by atoms with Gasteiger partial charge in [-0.2, -0.15) is 0 Å². The number of nitro benzene ring substituents is 1. The van der Waals surface area contributed by atoms with Crippen LogP contribution >= 0.6 is 15.9 Å². The molecule has 3 aromatic carbocycles. The van der Waals surface area contributed by atoms with Crippen LogP contribution in [0.1, 0.15) is 32.4 Å². The zero-order valence-electron chi connectivity index (χ0n) is 19.4. The summed E-state index contributed by atoms with van der Waals surface area (Å²) in [7, 11) is 4.28. The van der Waals surface area contributed by atoms with Crippen LogP contribution in [0.3, 0.4) is 0 Å². The third-order valence-corrected chi connectivity index (χ3v) is 6.02. The lowest BCUT2D eigenvalue weighted by Crippen LogP contribution is -2.52. The van der Waals surface area contributed by atoms with Crippen molar-refractivity contribution >= 4 is 39.1 Å². The van der Waals surface area contributed by atoms with E-state index in [9.17, 15) is 19.7 Å². The minimum atomic E-state index is -0.933. The molecule has 0 bridgehead atoms. The summed E-state index contributed by atoms with van der Waals surface area (Å²) in [6.07, 6.45) is -0.933. The number of amides is 2. The molecular formula is C24H21BrN4O7. The average Bonchev–Trinajstić information content (AvgIpc) is 2.89. The van der Waals surface area contributed by atoms with Crippen LogP contribution in [0.4, 0.5) is 11.4 Å². The number of rotatable bonds is 7. The molecule has 0 radical (unpaired) electrons. The number of ether oxygens (including phenoxy) is 3. The maximum absolute atomic E-state index is 13.5. The van der Waals surface area contributed by atoms with E-state index < -0.39 is 22.9 Å². The predicted molar refractivity (Wildman–Crippen MR) is 133 cm³/mol. The average molecular weight is 557 g/mol. The molecular weight excluding hydrogens is 536 g/mol. The number of hydrogen-bond donors (Lipinski definition) is 2. The van der Waals surface area contributed by atoms with Gasteiger partial charge < -0.3 is 19.5 Å². The Hall–Kier alpha value is -4.32. The van der Waals surface area contributed by atoms with Gasteiger partial charge >= 0.3 is 0 Å². The monoisotopic (exact) mass is 556 g/mol. The van der Waals surface area contributed by atoms with Crippen LogP contribution in [-0.4, -0.2) is 43.1 Å². The van der Waals surface area contributed by atoms with Crippen LogP contribution in [0.5, 0.6) is 17.2 Å². The van der Waals surface area contributed by atoms with Crippen molar-refractivity contribution in [2.45, 2.75) is 6.17 Å². The van der Waals surface area contributed by atoms with Gasteiger partial charge in [-0.1, -0.05) is 28.1 Å². The standard InChI is InChI=1S/C24H21BrN4O7/c1-34-19-10-14(11-20(35-2)21(19)36-3)23(30)27-28-22(13-5-4-6-16(9-13)29(32)33)26-18-8-7-15(25)12-17(18)24(28)31/h4-12,22,26H,1-3H3,(H,27,30). The summed E-state index contributed by atoms with van der Waals surface area (Å²) >= 11 is 3.36. The van der Waals surface area contributed by atoms with Gasteiger partial charge in [0, 0.05) is 33.4 Å². The molecule has 186 valence electrons. The number of nitrogens with zero attached hydrogens (tertiary/aromatic N) is 2. The Morgan fingerprint density at radius 2 is 1.75 bits per heavy atom. The summed E-state index contributed by atoms with van der Waals surface area (Å²) < 4.78 is 16.6. The lowest BCUT2D eigenvalue weighted by molar-refractivity contribution is -0.384. The smallest absolute Gasteiger partial charge is 0.276 e. The first-order valence-corrected chi connectivity index (χ1v) is 11.3. The summed E-state index contributed by atoms with van der Waals surface area (Å²) in [5, 5.41) is 15.6. The third-order valence-electron chi connectivity index (χ3n) is 5.53. The lowest BCUT2D eigenvalue weighted by atomic mass is 10.0. The number of methoxy groups -OCH3 is 3. The van der Waals surface area contributed by atoms with Crippen LogP contribution in [0.25, 0.3) is 0 Å². The highest BCUT2D eigenvalue weighted by molar-refractivity contribution is 9.10. The number of non-ortho nitro benzene ring substituents is 1. The molecule has 0 aromatic heterocycles. The lowest BCUT2D eigenvalue weighted by Gasteiger charge is -2.37. The van der Waals surface area contributed by atoms with E-state index in [2.05, 4.69) is 26.7 Å². The van der Waals surface area contributed by atoms with Crippen molar-refractivity contribution in [2.24, 2.45) is 0 Å². The number of hydrazine groups is 1. The molecule has 1 heterocycles. The summed E-state index contributed by atoms with van der Waals surface area (Å²) in [4.78, 5) is 37.7. The van der Waals surface area contributed by atoms with Gasteiger partial charge in [0.2, 0.25) is 5.75 Å². The molecule has 0 aliphatic carbocycles.